The van der Waals surface area contributed by atoms with Crippen molar-refractivity contribution < 1.29 is 28.7 Å². The molecule has 0 aliphatic carbocycles. The maximum atomic E-state index is 14.3. The highest BCUT2D eigenvalue weighted by atomic mass is 16.6. The van der Waals surface area contributed by atoms with Gasteiger partial charge in [0.25, 0.3) is 0 Å². The molecule has 0 saturated carbocycles. The highest BCUT2D eigenvalue weighted by Crippen LogP contribution is 2.31. The zero-order valence-electron chi connectivity index (χ0n) is 26.7. The third-order valence-corrected chi connectivity index (χ3v) is 6.05. The van der Waals surface area contributed by atoms with Gasteiger partial charge in [-0.05, 0) is 85.9 Å². The van der Waals surface area contributed by atoms with Crippen molar-refractivity contribution in [3.63, 3.8) is 0 Å². The molecular formula is C33H47N3O6. The Labute approximate surface area is 250 Å². The SMILES string of the molecule is Cc1ccccc1C(C(=O)NC(Cc1ccccc1)C(=O)OC(C)(C)C)N(C(=O)CNC(=O)OC(C)(C)C)C(C)(C)C. The van der Waals surface area contributed by atoms with Crippen LogP contribution in [0.1, 0.15) is 85.0 Å². The topological polar surface area (TPSA) is 114 Å². The van der Waals surface area contributed by atoms with E-state index in [1.807, 2.05) is 70.2 Å². The summed E-state index contributed by atoms with van der Waals surface area (Å²) < 4.78 is 11.0. The maximum absolute atomic E-state index is 14.3. The minimum absolute atomic E-state index is 0.200. The second-order valence-corrected chi connectivity index (χ2v) is 13.3. The summed E-state index contributed by atoms with van der Waals surface area (Å²) >= 11 is 0. The summed E-state index contributed by atoms with van der Waals surface area (Å²) in [7, 11) is 0. The van der Waals surface area contributed by atoms with Gasteiger partial charge in [0.15, 0.2) is 0 Å². The average Bonchev–Trinajstić information content (AvgIpc) is 2.83. The Balaban J connectivity index is 2.51. The van der Waals surface area contributed by atoms with Crippen LogP contribution in [0.4, 0.5) is 4.79 Å². The molecule has 230 valence electrons. The molecule has 2 rings (SSSR count). The normalized spacial score (nSPS) is 13.4. The van der Waals surface area contributed by atoms with E-state index in [0.29, 0.717) is 5.56 Å². The number of rotatable bonds is 9. The molecule has 2 atom stereocenters. The van der Waals surface area contributed by atoms with E-state index in [9.17, 15) is 19.2 Å². The van der Waals surface area contributed by atoms with Gasteiger partial charge in [0.05, 0.1) is 0 Å². The number of ether oxygens (including phenoxy) is 2. The largest absolute Gasteiger partial charge is 0.458 e. The van der Waals surface area contributed by atoms with E-state index in [0.717, 1.165) is 11.1 Å². The third kappa shape index (κ3) is 10.8. The van der Waals surface area contributed by atoms with Crippen LogP contribution in [0, 0.1) is 6.92 Å². The maximum Gasteiger partial charge on any atom is 0.408 e. The summed E-state index contributed by atoms with van der Waals surface area (Å²) in [6, 6.07) is 14.5. The Morgan fingerprint density at radius 1 is 0.786 bits per heavy atom. The molecule has 0 aliphatic rings. The van der Waals surface area contributed by atoms with Crippen molar-refractivity contribution in [3.05, 3.63) is 71.3 Å². The molecule has 9 heteroatoms. The third-order valence-electron chi connectivity index (χ3n) is 6.05. The van der Waals surface area contributed by atoms with Crippen molar-refractivity contribution in [1.82, 2.24) is 15.5 Å². The predicted octanol–water partition coefficient (Wildman–Crippen LogP) is 5.26. The van der Waals surface area contributed by atoms with Gasteiger partial charge in [-0.3, -0.25) is 9.59 Å². The highest BCUT2D eigenvalue weighted by molar-refractivity contribution is 5.93. The van der Waals surface area contributed by atoms with Gasteiger partial charge in [0, 0.05) is 12.0 Å². The van der Waals surface area contributed by atoms with Crippen LogP contribution in [0.25, 0.3) is 0 Å². The molecule has 0 spiro atoms. The van der Waals surface area contributed by atoms with Gasteiger partial charge in [0.2, 0.25) is 11.8 Å². The van der Waals surface area contributed by atoms with Gasteiger partial charge in [0.1, 0.15) is 29.8 Å². The molecule has 2 unspecified atom stereocenters. The quantitative estimate of drug-likeness (QED) is 0.391. The summed E-state index contributed by atoms with van der Waals surface area (Å²) in [6.45, 7) is 17.4. The van der Waals surface area contributed by atoms with E-state index in [2.05, 4.69) is 10.6 Å². The lowest BCUT2D eigenvalue weighted by Crippen LogP contribution is -2.57. The van der Waals surface area contributed by atoms with E-state index >= 15 is 0 Å². The zero-order chi connectivity index (χ0) is 31.9. The Kier molecular flexibility index (Phi) is 11.3. The summed E-state index contributed by atoms with van der Waals surface area (Å²) in [5.41, 5.74) is -0.137. The minimum atomic E-state index is -1.11. The number of esters is 1. The average molecular weight is 582 g/mol. The molecule has 0 radical (unpaired) electrons. The monoisotopic (exact) mass is 581 g/mol. The predicted molar refractivity (Wildman–Crippen MR) is 163 cm³/mol. The lowest BCUT2D eigenvalue weighted by Gasteiger charge is -2.42. The number of aryl methyl sites for hydroxylation is 1. The first-order valence-corrected chi connectivity index (χ1v) is 14.2. The fourth-order valence-corrected chi connectivity index (χ4v) is 4.41. The fourth-order valence-electron chi connectivity index (χ4n) is 4.41. The second kappa shape index (κ2) is 13.9. The number of nitrogens with one attached hydrogen (secondary N) is 2. The van der Waals surface area contributed by atoms with Crippen LogP contribution in [0.2, 0.25) is 0 Å². The first-order valence-electron chi connectivity index (χ1n) is 14.2. The molecule has 2 N–H and O–H groups in total. The molecule has 2 aromatic carbocycles. The number of carbonyl (C=O) groups is 4. The molecule has 0 fully saturated rings. The van der Waals surface area contributed by atoms with Gasteiger partial charge < -0.3 is 25.0 Å². The Morgan fingerprint density at radius 2 is 1.33 bits per heavy atom. The van der Waals surface area contributed by atoms with E-state index < -0.39 is 52.7 Å². The number of carbonyl (C=O) groups excluding carboxylic acids is 4. The second-order valence-electron chi connectivity index (χ2n) is 13.3. The van der Waals surface area contributed by atoms with E-state index in [1.54, 1.807) is 53.7 Å². The van der Waals surface area contributed by atoms with Crippen molar-refractivity contribution in [3.8, 4) is 0 Å². The fraction of sp³-hybridized carbons (Fsp3) is 0.515. The summed E-state index contributed by atoms with van der Waals surface area (Å²) in [6.07, 6.45) is -0.541. The molecular weight excluding hydrogens is 534 g/mol. The minimum Gasteiger partial charge on any atom is -0.458 e. The van der Waals surface area contributed by atoms with E-state index in [-0.39, 0.29) is 13.0 Å². The van der Waals surface area contributed by atoms with Crippen LogP contribution in [0.3, 0.4) is 0 Å². The molecule has 0 bridgehead atoms. The lowest BCUT2D eigenvalue weighted by atomic mass is 9.93. The number of hydrogen-bond acceptors (Lipinski definition) is 6. The van der Waals surface area contributed by atoms with Crippen LogP contribution >= 0.6 is 0 Å². The van der Waals surface area contributed by atoms with Gasteiger partial charge >= 0.3 is 12.1 Å². The summed E-state index contributed by atoms with van der Waals surface area (Å²) in [5.74, 6) is -1.62. The number of hydrogen-bond donors (Lipinski definition) is 2. The molecule has 0 aromatic heterocycles. The van der Waals surface area contributed by atoms with Crippen molar-refractivity contribution in [2.24, 2.45) is 0 Å². The zero-order valence-corrected chi connectivity index (χ0v) is 26.7. The van der Waals surface area contributed by atoms with Crippen molar-refractivity contribution in [1.29, 1.82) is 0 Å². The number of nitrogens with zero attached hydrogens (tertiary/aromatic N) is 1. The highest BCUT2D eigenvalue weighted by Gasteiger charge is 2.40. The van der Waals surface area contributed by atoms with Crippen LogP contribution < -0.4 is 10.6 Å². The molecule has 0 saturated heterocycles. The van der Waals surface area contributed by atoms with Crippen LogP contribution in [0.15, 0.2) is 54.6 Å². The first-order chi connectivity index (χ1) is 19.3. The van der Waals surface area contributed by atoms with Crippen molar-refractivity contribution in [2.45, 2.75) is 104 Å². The van der Waals surface area contributed by atoms with Gasteiger partial charge in [-0.1, -0.05) is 54.6 Å². The Hall–Kier alpha value is -3.88. The Bertz CT molecular complexity index is 1240. The molecule has 2 aromatic rings. The van der Waals surface area contributed by atoms with Crippen molar-refractivity contribution in [2.75, 3.05) is 6.54 Å². The smallest absolute Gasteiger partial charge is 0.408 e. The Morgan fingerprint density at radius 3 is 1.86 bits per heavy atom. The van der Waals surface area contributed by atoms with Gasteiger partial charge in [-0.2, -0.15) is 0 Å². The number of benzene rings is 2. The van der Waals surface area contributed by atoms with Crippen LogP contribution in [-0.4, -0.2) is 58.1 Å². The summed E-state index contributed by atoms with van der Waals surface area (Å²) in [5, 5.41) is 5.41. The van der Waals surface area contributed by atoms with E-state index in [1.165, 1.54) is 4.90 Å². The standard InChI is InChI=1S/C33H47N3O6/c1-22-16-14-15-19-24(22)27(36(31(2,3)4)26(37)21-34-30(40)42-33(8,9)10)28(38)35-25(29(39)41-32(5,6)7)20-23-17-12-11-13-18-23/h11-19,25,27H,20-21H2,1-10H3,(H,34,40)(H,35,38). The molecule has 3 amide bonds. The van der Waals surface area contributed by atoms with Gasteiger partial charge in [-0.25, -0.2) is 9.59 Å². The number of amides is 3. The van der Waals surface area contributed by atoms with Crippen LogP contribution in [0.5, 0.6) is 0 Å². The van der Waals surface area contributed by atoms with Gasteiger partial charge in [-0.15, -0.1) is 0 Å². The van der Waals surface area contributed by atoms with Crippen LogP contribution in [-0.2, 0) is 30.3 Å². The molecule has 9 nitrogen and oxygen atoms in total. The lowest BCUT2D eigenvalue weighted by molar-refractivity contribution is -0.159. The molecule has 0 aliphatic heterocycles. The van der Waals surface area contributed by atoms with Crippen molar-refractivity contribution >= 4 is 23.9 Å². The molecule has 42 heavy (non-hydrogen) atoms. The first kappa shape index (κ1) is 34.3. The summed E-state index contributed by atoms with van der Waals surface area (Å²) in [4.78, 5) is 55.1. The molecule has 0 heterocycles. The number of alkyl carbamates (subject to hydrolysis) is 1. The van der Waals surface area contributed by atoms with E-state index in [4.69, 9.17) is 9.47 Å².